The standard InChI is InChI=1S/C18H18FN5O/c1-12(2)11-21-18(25)16-17(13-7-9-20-10-8-13)24(23-22-16)15-5-3-14(19)4-6-15/h3-10,12H,11H2,1-2H3,(H,21,25). The molecule has 0 aliphatic rings. The number of carbonyl (C=O) groups excluding carboxylic acids is 1. The fraction of sp³-hybridized carbons (Fsp3) is 0.222. The summed E-state index contributed by atoms with van der Waals surface area (Å²) in [7, 11) is 0. The maximum Gasteiger partial charge on any atom is 0.274 e. The van der Waals surface area contributed by atoms with E-state index in [-0.39, 0.29) is 17.4 Å². The van der Waals surface area contributed by atoms with Crippen LogP contribution in [-0.2, 0) is 0 Å². The lowest BCUT2D eigenvalue weighted by Crippen LogP contribution is -2.28. The molecule has 1 N–H and O–H groups in total. The predicted octanol–water partition coefficient (Wildman–Crippen LogP) is 2.85. The Labute approximate surface area is 144 Å². The molecule has 25 heavy (non-hydrogen) atoms. The molecule has 0 aliphatic carbocycles. The van der Waals surface area contributed by atoms with Crippen LogP contribution < -0.4 is 5.32 Å². The van der Waals surface area contributed by atoms with Gasteiger partial charge in [-0.3, -0.25) is 9.78 Å². The Morgan fingerprint density at radius 1 is 1.16 bits per heavy atom. The van der Waals surface area contributed by atoms with Crippen molar-refractivity contribution < 1.29 is 9.18 Å². The van der Waals surface area contributed by atoms with E-state index in [2.05, 4.69) is 20.6 Å². The van der Waals surface area contributed by atoms with Crippen molar-refractivity contribution in [1.82, 2.24) is 25.3 Å². The van der Waals surface area contributed by atoms with Crippen LogP contribution in [0.15, 0.2) is 48.8 Å². The number of hydrogen-bond donors (Lipinski definition) is 1. The molecule has 1 aromatic carbocycles. The molecule has 0 spiro atoms. The molecular formula is C18H18FN5O. The van der Waals surface area contributed by atoms with Gasteiger partial charge < -0.3 is 5.32 Å². The largest absolute Gasteiger partial charge is 0.350 e. The Morgan fingerprint density at radius 3 is 2.48 bits per heavy atom. The number of benzene rings is 1. The summed E-state index contributed by atoms with van der Waals surface area (Å²) in [6, 6.07) is 9.41. The Bertz CT molecular complexity index is 859. The van der Waals surface area contributed by atoms with Gasteiger partial charge in [0.25, 0.3) is 5.91 Å². The molecule has 2 heterocycles. The monoisotopic (exact) mass is 339 g/mol. The molecule has 6 nitrogen and oxygen atoms in total. The smallest absolute Gasteiger partial charge is 0.274 e. The minimum Gasteiger partial charge on any atom is -0.350 e. The van der Waals surface area contributed by atoms with E-state index in [1.807, 2.05) is 13.8 Å². The molecule has 0 fully saturated rings. The highest BCUT2D eigenvalue weighted by molar-refractivity contribution is 5.98. The number of hydrogen-bond acceptors (Lipinski definition) is 4. The van der Waals surface area contributed by atoms with Crippen LogP contribution >= 0.6 is 0 Å². The molecule has 2 aromatic heterocycles. The molecule has 128 valence electrons. The normalized spacial score (nSPS) is 10.9. The van der Waals surface area contributed by atoms with Gasteiger partial charge in [-0.05, 0) is 42.3 Å². The third-order valence-corrected chi connectivity index (χ3v) is 3.58. The molecule has 0 saturated carbocycles. The van der Waals surface area contributed by atoms with Crippen LogP contribution in [-0.4, -0.2) is 32.4 Å². The number of halogens is 1. The Hall–Kier alpha value is -3.09. The predicted molar refractivity (Wildman–Crippen MR) is 91.7 cm³/mol. The zero-order valence-electron chi connectivity index (χ0n) is 14.0. The Morgan fingerprint density at radius 2 is 1.84 bits per heavy atom. The first kappa shape index (κ1) is 16.8. The summed E-state index contributed by atoms with van der Waals surface area (Å²) < 4.78 is 14.7. The number of nitrogens with zero attached hydrogens (tertiary/aromatic N) is 4. The third kappa shape index (κ3) is 3.71. The summed E-state index contributed by atoms with van der Waals surface area (Å²) in [4.78, 5) is 16.5. The summed E-state index contributed by atoms with van der Waals surface area (Å²) >= 11 is 0. The van der Waals surface area contributed by atoms with Crippen molar-refractivity contribution in [3.63, 3.8) is 0 Å². The lowest BCUT2D eigenvalue weighted by Gasteiger charge is -2.09. The highest BCUT2D eigenvalue weighted by Gasteiger charge is 2.22. The molecule has 7 heteroatoms. The van der Waals surface area contributed by atoms with Crippen molar-refractivity contribution in [3.8, 4) is 16.9 Å². The molecule has 0 atom stereocenters. The summed E-state index contributed by atoms with van der Waals surface area (Å²) in [5.41, 5.74) is 2.12. The molecule has 3 aromatic rings. The Kier molecular flexibility index (Phi) is 4.83. The van der Waals surface area contributed by atoms with Crippen LogP contribution in [0.1, 0.15) is 24.3 Å². The molecule has 0 aliphatic heterocycles. The molecule has 0 radical (unpaired) electrons. The van der Waals surface area contributed by atoms with Crippen molar-refractivity contribution >= 4 is 5.91 Å². The van der Waals surface area contributed by atoms with Gasteiger partial charge in [0, 0.05) is 24.5 Å². The second kappa shape index (κ2) is 7.21. The fourth-order valence-electron chi connectivity index (χ4n) is 2.35. The van der Waals surface area contributed by atoms with Crippen molar-refractivity contribution in [2.24, 2.45) is 5.92 Å². The first-order chi connectivity index (χ1) is 12.1. The van der Waals surface area contributed by atoms with E-state index in [0.717, 1.165) is 5.56 Å². The van der Waals surface area contributed by atoms with Crippen LogP contribution in [0.5, 0.6) is 0 Å². The number of nitrogens with one attached hydrogen (secondary N) is 1. The minimum absolute atomic E-state index is 0.219. The first-order valence-corrected chi connectivity index (χ1v) is 7.96. The maximum absolute atomic E-state index is 13.2. The highest BCUT2D eigenvalue weighted by atomic mass is 19.1. The lowest BCUT2D eigenvalue weighted by atomic mass is 10.1. The van der Waals surface area contributed by atoms with Gasteiger partial charge >= 0.3 is 0 Å². The zero-order chi connectivity index (χ0) is 17.8. The van der Waals surface area contributed by atoms with E-state index in [9.17, 15) is 9.18 Å². The van der Waals surface area contributed by atoms with Gasteiger partial charge in [0.2, 0.25) is 0 Å². The van der Waals surface area contributed by atoms with Crippen LogP contribution in [0, 0.1) is 11.7 Å². The van der Waals surface area contributed by atoms with E-state index >= 15 is 0 Å². The quantitative estimate of drug-likeness (QED) is 0.776. The van der Waals surface area contributed by atoms with Gasteiger partial charge in [-0.2, -0.15) is 0 Å². The van der Waals surface area contributed by atoms with Crippen LogP contribution in [0.2, 0.25) is 0 Å². The molecule has 1 amide bonds. The lowest BCUT2D eigenvalue weighted by molar-refractivity contribution is 0.0944. The SMILES string of the molecule is CC(C)CNC(=O)c1nnn(-c2ccc(F)cc2)c1-c1ccncc1. The second-order valence-corrected chi connectivity index (χ2v) is 6.01. The number of amides is 1. The number of aromatic nitrogens is 4. The van der Waals surface area contributed by atoms with Crippen molar-refractivity contribution in [3.05, 3.63) is 60.3 Å². The van der Waals surface area contributed by atoms with E-state index < -0.39 is 0 Å². The van der Waals surface area contributed by atoms with E-state index in [0.29, 0.717) is 23.8 Å². The second-order valence-electron chi connectivity index (χ2n) is 6.01. The topological polar surface area (TPSA) is 72.7 Å². The van der Waals surface area contributed by atoms with Gasteiger partial charge in [0.1, 0.15) is 11.5 Å². The van der Waals surface area contributed by atoms with Crippen LogP contribution in [0.25, 0.3) is 16.9 Å². The fourth-order valence-corrected chi connectivity index (χ4v) is 2.35. The summed E-state index contributed by atoms with van der Waals surface area (Å²) in [5.74, 6) is -0.321. The van der Waals surface area contributed by atoms with Crippen molar-refractivity contribution in [2.45, 2.75) is 13.8 Å². The average Bonchev–Trinajstić information content (AvgIpc) is 3.06. The zero-order valence-corrected chi connectivity index (χ0v) is 14.0. The summed E-state index contributed by atoms with van der Waals surface area (Å²) in [6.45, 7) is 4.57. The molecule has 3 rings (SSSR count). The van der Waals surface area contributed by atoms with E-state index in [1.54, 1.807) is 36.7 Å². The van der Waals surface area contributed by atoms with Gasteiger partial charge in [-0.1, -0.05) is 19.1 Å². The minimum atomic E-state index is -0.343. The van der Waals surface area contributed by atoms with E-state index in [1.165, 1.54) is 16.8 Å². The number of rotatable bonds is 5. The summed E-state index contributed by atoms with van der Waals surface area (Å²) in [6.07, 6.45) is 3.26. The Balaban J connectivity index is 2.07. The molecular weight excluding hydrogens is 321 g/mol. The van der Waals surface area contributed by atoms with Crippen LogP contribution in [0.3, 0.4) is 0 Å². The summed E-state index contributed by atoms with van der Waals surface area (Å²) in [5, 5.41) is 11.0. The van der Waals surface area contributed by atoms with E-state index in [4.69, 9.17) is 0 Å². The molecule has 0 unspecified atom stereocenters. The highest BCUT2D eigenvalue weighted by Crippen LogP contribution is 2.25. The van der Waals surface area contributed by atoms with Gasteiger partial charge in [-0.15, -0.1) is 5.10 Å². The maximum atomic E-state index is 13.2. The third-order valence-electron chi connectivity index (χ3n) is 3.58. The van der Waals surface area contributed by atoms with Gasteiger partial charge in [0.05, 0.1) is 5.69 Å². The average molecular weight is 339 g/mol. The van der Waals surface area contributed by atoms with Gasteiger partial charge in [-0.25, -0.2) is 9.07 Å². The first-order valence-electron chi connectivity index (χ1n) is 7.96. The number of pyridine rings is 1. The number of carbonyl (C=O) groups is 1. The van der Waals surface area contributed by atoms with Crippen molar-refractivity contribution in [2.75, 3.05) is 6.54 Å². The van der Waals surface area contributed by atoms with Crippen LogP contribution in [0.4, 0.5) is 4.39 Å². The van der Waals surface area contributed by atoms with Crippen molar-refractivity contribution in [1.29, 1.82) is 0 Å². The van der Waals surface area contributed by atoms with Gasteiger partial charge in [0.15, 0.2) is 5.69 Å². The molecule has 0 saturated heterocycles. The molecule has 0 bridgehead atoms.